The van der Waals surface area contributed by atoms with Crippen molar-refractivity contribution in [1.82, 2.24) is 0 Å². The molecule has 2 N–H and O–H groups in total. The summed E-state index contributed by atoms with van der Waals surface area (Å²) in [5.41, 5.74) is 6.72. The molecule has 98 valence electrons. The molecular formula is C14H20N2O2. The zero-order chi connectivity index (χ0) is 12.8. The average molecular weight is 248 g/mol. The van der Waals surface area contributed by atoms with Gasteiger partial charge in [0, 0.05) is 6.61 Å². The maximum Gasteiger partial charge on any atom is 0.282 e. The predicted molar refractivity (Wildman–Crippen MR) is 71.4 cm³/mol. The minimum Gasteiger partial charge on any atom is -0.463 e. The van der Waals surface area contributed by atoms with Crippen molar-refractivity contribution in [3.8, 4) is 0 Å². The van der Waals surface area contributed by atoms with E-state index in [2.05, 4.69) is 17.1 Å². The van der Waals surface area contributed by atoms with Crippen LogP contribution >= 0.6 is 0 Å². The van der Waals surface area contributed by atoms with Gasteiger partial charge in [-0.25, -0.2) is 4.99 Å². The maximum atomic E-state index is 5.79. The molecule has 0 fully saturated rings. The van der Waals surface area contributed by atoms with Crippen LogP contribution < -0.4 is 5.73 Å². The van der Waals surface area contributed by atoms with Crippen molar-refractivity contribution in [2.45, 2.75) is 31.9 Å². The number of benzene rings is 1. The molecule has 0 bridgehead atoms. The Kier molecular flexibility index (Phi) is 4.59. The van der Waals surface area contributed by atoms with Crippen LogP contribution in [0, 0.1) is 0 Å². The second-order valence-corrected chi connectivity index (χ2v) is 4.36. The molecule has 1 aromatic rings. The van der Waals surface area contributed by atoms with Crippen molar-refractivity contribution in [1.29, 1.82) is 0 Å². The largest absolute Gasteiger partial charge is 0.463 e. The van der Waals surface area contributed by atoms with Crippen LogP contribution in [0.3, 0.4) is 0 Å². The Morgan fingerprint density at radius 2 is 2.22 bits per heavy atom. The van der Waals surface area contributed by atoms with Crippen LogP contribution in [0.4, 0.5) is 0 Å². The lowest BCUT2D eigenvalue weighted by molar-refractivity contribution is 0.0529. The Balaban J connectivity index is 1.91. The maximum absolute atomic E-state index is 5.79. The van der Waals surface area contributed by atoms with Gasteiger partial charge in [-0.1, -0.05) is 30.3 Å². The Hall–Kier alpha value is -1.55. The SMILES string of the molecule is CCO[C@@H](CCC1COC(N)=N1)c1ccccc1. The number of nitrogens with zero attached hydrogens (tertiary/aromatic N) is 1. The monoisotopic (exact) mass is 248 g/mol. The molecule has 0 aliphatic carbocycles. The number of ether oxygens (including phenoxy) is 2. The van der Waals surface area contributed by atoms with Gasteiger partial charge in [-0.15, -0.1) is 0 Å². The first-order chi connectivity index (χ1) is 8.79. The summed E-state index contributed by atoms with van der Waals surface area (Å²) >= 11 is 0. The smallest absolute Gasteiger partial charge is 0.282 e. The minimum absolute atomic E-state index is 0.133. The third-order valence-corrected chi connectivity index (χ3v) is 3.03. The number of hydrogen-bond donors (Lipinski definition) is 1. The summed E-state index contributed by atoms with van der Waals surface area (Å²) in [6, 6.07) is 10.8. The molecule has 2 rings (SSSR count). The summed E-state index contributed by atoms with van der Waals surface area (Å²) < 4.78 is 10.9. The Bertz CT molecular complexity index is 392. The van der Waals surface area contributed by atoms with E-state index in [9.17, 15) is 0 Å². The van der Waals surface area contributed by atoms with Gasteiger partial charge in [0.1, 0.15) is 6.61 Å². The summed E-state index contributed by atoms with van der Waals surface area (Å²) in [7, 11) is 0. The fraction of sp³-hybridized carbons (Fsp3) is 0.500. The van der Waals surface area contributed by atoms with E-state index in [4.69, 9.17) is 15.2 Å². The molecule has 0 aromatic heterocycles. The van der Waals surface area contributed by atoms with E-state index in [0.717, 1.165) is 12.8 Å². The molecule has 1 aliphatic heterocycles. The first-order valence-corrected chi connectivity index (χ1v) is 6.42. The molecule has 1 heterocycles. The lowest BCUT2D eigenvalue weighted by Gasteiger charge is -2.18. The number of aliphatic imine (C=N–C) groups is 1. The Morgan fingerprint density at radius 3 is 2.83 bits per heavy atom. The van der Waals surface area contributed by atoms with Crippen molar-refractivity contribution in [2.24, 2.45) is 10.7 Å². The molecule has 1 aromatic carbocycles. The third kappa shape index (κ3) is 3.47. The highest BCUT2D eigenvalue weighted by Gasteiger charge is 2.19. The van der Waals surface area contributed by atoms with Crippen molar-refractivity contribution >= 4 is 6.02 Å². The van der Waals surface area contributed by atoms with E-state index in [0.29, 0.717) is 19.2 Å². The van der Waals surface area contributed by atoms with Gasteiger partial charge in [0.2, 0.25) is 0 Å². The summed E-state index contributed by atoms with van der Waals surface area (Å²) in [6.45, 7) is 3.33. The average Bonchev–Trinajstić information content (AvgIpc) is 2.81. The van der Waals surface area contributed by atoms with Crippen molar-refractivity contribution in [3.05, 3.63) is 35.9 Å². The van der Waals surface area contributed by atoms with Crippen molar-refractivity contribution in [3.63, 3.8) is 0 Å². The quantitative estimate of drug-likeness (QED) is 0.840. The number of rotatable bonds is 6. The molecule has 1 unspecified atom stereocenters. The zero-order valence-corrected chi connectivity index (χ0v) is 10.7. The lowest BCUT2D eigenvalue weighted by atomic mass is 10.0. The van der Waals surface area contributed by atoms with E-state index >= 15 is 0 Å². The number of amidine groups is 1. The van der Waals surface area contributed by atoms with E-state index in [1.807, 2.05) is 25.1 Å². The fourth-order valence-electron chi connectivity index (χ4n) is 2.14. The summed E-state index contributed by atoms with van der Waals surface area (Å²) in [5, 5.41) is 0. The van der Waals surface area contributed by atoms with Crippen LogP contribution in [-0.2, 0) is 9.47 Å². The third-order valence-electron chi connectivity index (χ3n) is 3.03. The van der Waals surface area contributed by atoms with Gasteiger partial charge in [0.25, 0.3) is 6.02 Å². The van der Waals surface area contributed by atoms with Crippen LogP contribution in [0.5, 0.6) is 0 Å². The Morgan fingerprint density at radius 1 is 1.44 bits per heavy atom. The van der Waals surface area contributed by atoms with Crippen LogP contribution in [-0.4, -0.2) is 25.3 Å². The summed E-state index contributed by atoms with van der Waals surface area (Å²) in [5.74, 6) is 0. The second kappa shape index (κ2) is 6.40. The van der Waals surface area contributed by atoms with Crippen LogP contribution in [0.2, 0.25) is 0 Å². The molecular weight excluding hydrogens is 228 g/mol. The van der Waals surface area contributed by atoms with Gasteiger partial charge in [0.15, 0.2) is 0 Å². The van der Waals surface area contributed by atoms with E-state index in [1.165, 1.54) is 5.56 Å². The Labute approximate surface area is 108 Å². The first-order valence-electron chi connectivity index (χ1n) is 6.42. The minimum atomic E-state index is 0.133. The normalized spacial score (nSPS) is 20.3. The van der Waals surface area contributed by atoms with Gasteiger partial charge >= 0.3 is 0 Å². The second-order valence-electron chi connectivity index (χ2n) is 4.36. The van der Waals surface area contributed by atoms with Gasteiger partial charge in [-0.3, -0.25) is 0 Å². The van der Waals surface area contributed by atoms with E-state index in [-0.39, 0.29) is 12.1 Å². The molecule has 2 atom stereocenters. The van der Waals surface area contributed by atoms with Crippen LogP contribution in [0.15, 0.2) is 35.3 Å². The highest BCUT2D eigenvalue weighted by Crippen LogP contribution is 2.24. The number of nitrogens with two attached hydrogens (primary N) is 1. The summed E-state index contributed by atoms with van der Waals surface area (Å²) in [4.78, 5) is 4.23. The molecule has 1 aliphatic rings. The standard InChI is InChI=1S/C14H20N2O2/c1-2-17-13(11-6-4-3-5-7-11)9-8-12-10-18-14(15)16-12/h3-7,12-13H,2,8-10H2,1H3,(H2,15,16)/t12?,13-/m0/s1. The van der Waals surface area contributed by atoms with Gasteiger partial charge in [-0.2, -0.15) is 0 Å². The van der Waals surface area contributed by atoms with Crippen LogP contribution in [0.1, 0.15) is 31.4 Å². The fourth-order valence-corrected chi connectivity index (χ4v) is 2.14. The van der Waals surface area contributed by atoms with E-state index < -0.39 is 0 Å². The molecule has 0 spiro atoms. The van der Waals surface area contributed by atoms with Gasteiger partial charge in [0.05, 0.1) is 12.1 Å². The molecule has 0 amide bonds. The topological polar surface area (TPSA) is 56.8 Å². The van der Waals surface area contributed by atoms with Crippen molar-refractivity contribution < 1.29 is 9.47 Å². The molecule has 0 saturated carbocycles. The van der Waals surface area contributed by atoms with Gasteiger partial charge in [-0.05, 0) is 25.3 Å². The zero-order valence-electron chi connectivity index (χ0n) is 10.7. The first kappa shape index (κ1) is 12.9. The predicted octanol–water partition coefficient (Wildman–Crippen LogP) is 2.26. The highest BCUT2D eigenvalue weighted by molar-refractivity contribution is 5.72. The molecule has 0 radical (unpaired) electrons. The molecule has 0 saturated heterocycles. The van der Waals surface area contributed by atoms with E-state index in [1.54, 1.807) is 0 Å². The van der Waals surface area contributed by atoms with Crippen LogP contribution in [0.25, 0.3) is 0 Å². The summed E-state index contributed by atoms with van der Waals surface area (Å²) in [6.07, 6.45) is 2.00. The molecule has 18 heavy (non-hydrogen) atoms. The van der Waals surface area contributed by atoms with Crippen molar-refractivity contribution in [2.75, 3.05) is 13.2 Å². The van der Waals surface area contributed by atoms with Gasteiger partial charge < -0.3 is 15.2 Å². The number of hydrogen-bond acceptors (Lipinski definition) is 4. The molecule has 4 nitrogen and oxygen atoms in total. The molecule has 4 heteroatoms. The highest BCUT2D eigenvalue weighted by atomic mass is 16.5. The lowest BCUT2D eigenvalue weighted by Crippen LogP contribution is -2.11.